The second-order valence-corrected chi connectivity index (χ2v) is 9.85. The molecule has 0 N–H and O–H groups in total. The van der Waals surface area contributed by atoms with Crippen molar-refractivity contribution in [3.05, 3.63) is 82.7 Å². The van der Waals surface area contributed by atoms with E-state index in [1.54, 1.807) is 28.6 Å². The van der Waals surface area contributed by atoms with Crippen molar-refractivity contribution in [1.29, 1.82) is 0 Å². The molecule has 2 aliphatic heterocycles. The van der Waals surface area contributed by atoms with Gasteiger partial charge in [-0.15, -0.1) is 11.3 Å². The minimum absolute atomic E-state index is 0.0495. The summed E-state index contributed by atoms with van der Waals surface area (Å²) in [4.78, 5) is 47.3. The number of rotatable bonds is 4. The lowest BCUT2D eigenvalue weighted by molar-refractivity contribution is -0.135. The van der Waals surface area contributed by atoms with Gasteiger partial charge in [-0.3, -0.25) is 24.2 Å². The monoisotopic (exact) mass is 503 g/mol. The molecule has 2 aliphatic rings. The third kappa shape index (κ3) is 3.98. The summed E-state index contributed by atoms with van der Waals surface area (Å²) in [6, 6.07) is 13.9. The number of carbonyl (C=O) groups is 3. The van der Waals surface area contributed by atoms with Crippen LogP contribution in [0.25, 0.3) is 16.6 Å². The highest BCUT2D eigenvalue weighted by molar-refractivity contribution is 7.11. The number of amides is 3. The van der Waals surface area contributed by atoms with E-state index >= 15 is 0 Å². The summed E-state index contributed by atoms with van der Waals surface area (Å²) in [5, 5.41) is 2.96. The van der Waals surface area contributed by atoms with E-state index < -0.39 is 0 Å². The predicted molar refractivity (Wildman–Crippen MR) is 133 cm³/mol. The average Bonchev–Trinajstić information content (AvgIpc) is 3.53. The maximum Gasteiger partial charge on any atom is 0.289 e. The summed E-state index contributed by atoms with van der Waals surface area (Å²) >= 11 is 1.22. The van der Waals surface area contributed by atoms with Gasteiger partial charge in [0.15, 0.2) is 5.01 Å². The van der Waals surface area contributed by atoms with Gasteiger partial charge >= 0.3 is 0 Å². The van der Waals surface area contributed by atoms with Crippen molar-refractivity contribution in [2.45, 2.75) is 6.04 Å². The number of thiazole rings is 1. The van der Waals surface area contributed by atoms with Crippen molar-refractivity contribution in [2.24, 2.45) is 0 Å². The normalized spacial score (nSPS) is 17.0. The molecule has 0 aliphatic carbocycles. The van der Waals surface area contributed by atoms with Crippen molar-refractivity contribution >= 4 is 40.0 Å². The fourth-order valence-corrected chi connectivity index (χ4v) is 5.38. The molecule has 4 aromatic rings. The molecule has 0 bridgehead atoms. The number of hydrogen-bond donors (Lipinski definition) is 0. The molecule has 6 rings (SSSR count). The molecular weight excluding hydrogens is 481 g/mol. The number of aromatic nitrogens is 2. The van der Waals surface area contributed by atoms with E-state index in [9.17, 15) is 18.8 Å². The van der Waals surface area contributed by atoms with E-state index in [0.29, 0.717) is 36.8 Å². The summed E-state index contributed by atoms with van der Waals surface area (Å²) in [5.41, 5.74) is 2.38. The van der Waals surface area contributed by atoms with E-state index in [-0.39, 0.29) is 36.1 Å². The van der Waals surface area contributed by atoms with Crippen LogP contribution in [0.5, 0.6) is 0 Å². The molecule has 2 aromatic carbocycles. The molecule has 2 aromatic heterocycles. The van der Waals surface area contributed by atoms with E-state index in [4.69, 9.17) is 0 Å². The van der Waals surface area contributed by atoms with Gasteiger partial charge in [0, 0.05) is 66.6 Å². The molecule has 182 valence electrons. The molecule has 0 unspecified atom stereocenters. The van der Waals surface area contributed by atoms with Gasteiger partial charge < -0.3 is 9.47 Å². The highest BCUT2D eigenvalue weighted by Gasteiger charge is 2.39. The lowest BCUT2D eigenvalue weighted by Crippen LogP contribution is -2.65. The molecule has 4 heterocycles. The second kappa shape index (κ2) is 8.96. The summed E-state index contributed by atoms with van der Waals surface area (Å²) in [6.07, 6.45) is 3.46. The number of hydrogen-bond acceptors (Lipinski definition) is 6. The maximum atomic E-state index is 13.3. The predicted octanol–water partition coefficient (Wildman–Crippen LogP) is 3.04. The lowest BCUT2D eigenvalue weighted by atomic mass is 10.0. The Kier molecular flexibility index (Phi) is 5.62. The summed E-state index contributed by atoms with van der Waals surface area (Å²) in [7, 11) is 0. The maximum absolute atomic E-state index is 13.3. The Bertz CT molecular complexity index is 1460. The third-order valence-corrected chi connectivity index (χ3v) is 7.58. The second-order valence-electron chi connectivity index (χ2n) is 8.96. The zero-order valence-electron chi connectivity index (χ0n) is 19.2. The van der Waals surface area contributed by atoms with Crippen LogP contribution in [0.3, 0.4) is 0 Å². The molecule has 36 heavy (non-hydrogen) atoms. The summed E-state index contributed by atoms with van der Waals surface area (Å²) < 4.78 is 15.2. The van der Waals surface area contributed by atoms with Crippen LogP contribution in [-0.4, -0.2) is 80.7 Å². The lowest BCUT2D eigenvalue weighted by Gasteiger charge is -2.47. The van der Waals surface area contributed by atoms with Crippen LogP contribution in [-0.2, 0) is 4.79 Å². The highest BCUT2D eigenvalue weighted by atomic mass is 32.1. The molecule has 0 saturated carbocycles. The van der Waals surface area contributed by atoms with Crippen LogP contribution < -0.4 is 0 Å². The molecule has 2 fully saturated rings. The largest absolute Gasteiger partial charge is 0.335 e. The number of halogens is 1. The average molecular weight is 504 g/mol. The molecule has 8 nitrogen and oxygen atoms in total. The Morgan fingerprint density at radius 3 is 2.53 bits per heavy atom. The van der Waals surface area contributed by atoms with Crippen molar-refractivity contribution in [3.8, 4) is 5.69 Å². The number of nitrogens with zero attached hydrogens (tertiary/aromatic N) is 5. The van der Waals surface area contributed by atoms with Gasteiger partial charge in [0.1, 0.15) is 5.82 Å². The van der Waals surface area contributed by atoms with Crippen LogP contribution in [0, 0.1) is 5.82 Å². The minimum atomic E-state index is -0.344. The number of imide groups is 1. The van der Waals surface area contributed by atoms with Gasteiger partial charge in [0.05, 0.1) is 12.1 Å². The van der Waals surface area contributed by atoms with Crippen LogP contribution in [0.1, 0.15) is 20.2 Å². The van der Waals surface area contributed by atoms with E-state index in [1.807, 2.05) is 39.9 Å². The molecule has 3 amide bonds. The van der Waals surface area contributed by atoms with Gasteiger partial charge in [-0.25, -0.2) is 9.37 Å². The third-order valence-electron chi connectivity index (χ3n) is 6.82. The Balaban J connectivity index is 1.08. The Morgan fingerprint density at radius 1 is 1.00 bits per heavy atom. The van der Waals surface area contributed by atoms with Crippen LogP contribution in [0.4, 0.5) is 4.39 Å². The zero-order valence-corrected chi connectivity index (χ0v) is 20.0. The first-order valence-electron chi connectivity index (χ1n) is 11.6. The van der Waals surface area contributed by atoms with Gasteiger partial charge in [0.25, 0.3) is 11.8 Å². The standard InChI is InChI=1S/C26H22FN5O3S/c27-19-2-4-20(5-3-19)31-9-7-17-13-18(1-6-22(17)31)25(34)30-14-21(15-30)29-10-11-32(23(33)16-29)26(35)24-28-8-12-36-24/h1-9,12-13,21H,10-11,14-16H2. The number of fused-ring (bicyclic) bond motifs is 1. The van der Waals surface area contributed by atoms with Crippen LogP contribution >= 0.6 is 11.3 Å². The molecular formula is C26H22FN5O3S. The number of benzene rings is 2. The first-order chi connectivity index (χ1) is 17.5. The van der Waals surface area contributed by atoms with E-state index in [0.717, 1.165) is 16.6 Å². The molecule has 0 atom stereocenters. The van der Waals surface area contributed by atoms with Crippen molar-refractivity contribution in [3.63, 3.8) is 0 Å². The number of likely N-dealkylation sites (tertiary alicyclic amines) is 1. The van der Waals surface area contributed by atoms with E-state index in [1.165, 1.54) is 28.4 Å². The Hall–Kier alpha value is -3.89. The number of piperazine rings is 1. The summed E-state index contributed by atoms with van der Waals surface area (Å²) in [6.45, 7) is 2.15. The first-order valence-corrected chi connectivity index (χ1v) is 12.5. The summed E-state index contributed by atoms with van der Waals surface area (Å²) in [5.74, 6) is -0.913. The number of carbonyl (C=O) groups excluding carboxylic acids is 3. The van der Waals surface area contributed by atoms with Crippen LogP contribution in [0.2, 0.25) is 0 Å². The highest BCUT2D eigenvalue weighted by Crippen LogP contribution is 2.25. The minimum Gasteiger partial charge on any atom is -0.335 e. The first kappa shape index (κ1) is 22.6. The molecule has 0 radical (unpaired) electrons. The fourth-order valence-electron chi connectivity index (χ4n) is 4.80. The quantitative estimate of drug-likeness (QED) is 0.400. The Labute approximate surface area is 210 Å². The fraction of sp³-hybridized carbons (Fsp3) is 0.231. The van der Waals surface area contributed by atoms with Gasteiger partial charge in [-0.2, -0.15) is 0 Å². The molecule has 0 spiro atoms. The molecule has 10 heteroatoms. The van der Waals surface area contributed by atoms with Gasteiger partial charge in [0.2, 0.25) is 5.91 Å². The van der Waals surface area contributed by atoms with Crippen molar-refractivity contribution in [1.82, 2.24) is 24.3 Å². The topological polar surface area (TPSA) is 78.8 Å². The smallest absolute Gasteiger partial charge is 0.289 e. The van der Waals surface area contributed by atoms with E-state index in [2.05, 4.69) is 4.98 Å². The SMILES string of the molecule is O=C(c1ccc2c(ccn2-c2ccc(F)cc2)c1)N1CC(N2CCN(C(=O)c3nccs3)C(=O)C2)C1. The molecule has 2 saturated heterocycles. The zero-order chi connectivity index (χ0) is 24.8. The van der Waals surface area contributed by atoms with Crippen LogP contribution in [0.15, 0.2) is 66.3 Å². The van der Waals surface area contributed by atoms with Crippen molar-refractivity contribution < 1.29 is 18.8 Å². The van der Waals surface area contributed by atoms with Crippen molar-refractivity contribution in [2.75, 3.05) is 32.7 Å². The van der Waals surface area contributed by atoms with Gasteiger partial charge in [-0.1, -0.05) is 0 Å². The Morgan fingerprint density at radius 2 is 1.81 bits per heavy atom. The van der Waals surface area contributed by atoms with Gasteiger partial charge in [-0.05, 0) is 48.5 Å².